The maximum Gasteiger partial charge on any atom is 0.129 e. The zero-order valence-corrected chi connectivity index (χ0v) is 11.7. The zero-order chi connectivity index (χ0) is 13.7. The van der Waals surface area contributed by atoms with E-state index in [0.717, 1.165) is 30.0 Å². The first-order valence-corrected chi connectivity index (χ1v) is 6.59. The van der Waals surface area contributed by atoms with Crippen LogP contribution in [0.3, 0.4) is 0 Å². The van der Waals surface area contributed by atoms with Crippen molar-refractivity contribution in [2.45, 2.75) is 19.9 Å². The summed E-state index contributed by atoms with van der Waals surface area (Å²) in [6.45, 7) is 3.49. The molecule has 0 aliphatic heterocycles. The number of benzene rings is 1. The average Bonchev–Trinajstić information content (AvgIpc) is 2.80. The first kappa shape index (κ1) is 13.5. The van der Waals surface area contributed by atoms with Gasteiger partial charge in [0, 0.05) is 24.9 Å². The molecule has 0 spiro atoms. The summed E-state index contributed by atoms with van der Waals surface area (Å²) in [4.78, 5) is 0.360. The van der Waals surface area contributed by atoms with Crippen LogP contribution in [0.5, 0.6) is 5.75 Å². The van der Waals surface area contributed by atoms with Gasteiger partial charge in [-0.15, -0.1) is 0 Å². The Labute approximate surface area is 118 Å². The first-order chi connectivity index (χ1) is 9.18. The lowest BCUT2D eigenvalue weighted by Crippen LogP contribution is -2.13. The quantitative estimate of drug-likeness (QED) is 0.649. The maximum absolute atomic E-state index is 5.73. The van der Waals surface area contributed by atoms with Crippen LogP contribution in [0, 0.1) is 6.92 Å². The van der Waals surface area contributed by atoms with E-state index in [-0.39, 0.29) is 0 Å². The highest BCUT2D eigenvalue weighted by Crippen LogP contribution is 2.17. The molecule has 0 amide bonds. The van der Waals surface area contributed by atoms with Gasteiger partial charge < -0.3 is 10.5 Å². The van der Waals surface area contributed by atoms with Gasteiger partial charge in [0.25, 0.3) is 0 Å². The molecule has 19 heavy (non-hydrogen) atoms. The van der Waals surface area contributed by atoms with Gasteiger partial charge in [0.1, 0.15) is 10.7 Å². The van der Waals surface area contributed by atoms with Crippen LogP contribution in [0.4, 0.5) is 0 Å². The summed E-state index contributed by atoms with van der Waals surface area (Å²) in [5.74, 6) is 0.743. The lowest BCUT2D eigenvalue weighted by molar-refractivity contribution is 0.297. The second kappa shape index (κ2) is 6.33. The minimum absolute atomic E-state index is 0.360. The Bertz CT molecular complexity index is 565. The summed E-state index contributed by atoms with van der Waals surface area (Å²) in [6.07, 6.45) is 2.69. The molecule has 0 aliphatic rings. The fraction of sp³-hybridized carbons (Fsp3) is 0.286. The van der Waals surface area contributed by atoms with Crippen molar-refractivity contribution in [2.75, 3.05) is 6.61 Å². The van der Waals surface area contributed by atoms with Crippen LogP contribution in [-0.2, 0) is 6.54 Å². The summed E-state index contributed by atoms with van der Waals surface area (Å²) in [6, 6.07) is 9.55. The number of para-hydroxylation sites is 1. The topological polar surface area (TPSA) is 53.1 Å². The van der Waals surface area contributed by atoms with Gasteiger partial charge in [-0.1, -0.05) is 24.4 Å². The lowest BCUT2D eigenvalue weighted by atomic mass is 10.2. The highest BCUT2D eigenvalue weighted by molar-refractivity contribution is 7.80. The van der Waals surface area contributed by atoms with Crippen LogP contribution >= 0.6 is 12.2 Å². The van der Waals surface area contributed by atoms with E-state index >= 15 is 0 Å². The summed E-state index contributed by atoms with van der Waals surface area (Å²) in [7, 11) is 0. The molecule has 0 saturated carbocycles. The smallest absolute Gasteiger partial charge is 0.129 e. The third-order valence-electron chi connectivity index (χ3n) is 2.85. The van der Waals surface area contributed by atoms with Gasteiger partial charge in [0.2, 0.25) is 0 Å². The molecule has 0 saturated heterocycles. The SMILES string of the molecule is Cc1ccnn1CCCOc1ccccc1C(N)=S. The fourth-order valence-corrected chi connectivity index (χ4v) is 1.99. The molecule has 1 aromatic carbocycles. The van der Waals surface area contributed by atoms with E-state index in [0.29, 0.717) is 11.6 Å². The van der Waals surface area contributed by atoms with Crippen molar-refractivity contribution in [1.29, 1.82) is 0 Å². The molecule has 0 fully saturated rings. The second-order valence-electron chi connectivity index (χ2n) is 4.26. The Morgan fingerprint density at radius 2 is 2.16 bits per heavy atom. The Hall–Kier alpha value is -1.88. The van der Waals surface area contributed by atoms with E-state index in [9.17, 15) is 0 Å². The molecule has 0 aliphatic carbocycles. The third kappa shape index (κ3) is 3.54. The molecular formula is C14H17N3OS. The van der Waals surface area contributed by atoms with Crippen molar-refractivity contribution in [3.8, 4) is 5.75 Å². The van der Waals surface area contributed by atoms with E-state index in [1.54, 1.807) is 6.20 Å². The molecule has 0 unspecified atom stereocenters. The van der Waals surface area contributed by atoms with Gasteiger partial charge in [-0.2, -0.15) is 5.10 Å². The number of aromatic nitrogens is 2. The summed E-state index contributed by atoms with van der Waals surface area (Å²) >= 11 is 4.99. The molecule has 2 N–H and O–H groups in total. The molecule has 0 radical (unpaired) electrons. The normalized spacial score (nSPS) is 10.4. The van der Waals surface area contributed by atoms with E-state index in [1.165, 1.54) is 0 Å². The summed E-state index contributed by atoms with van der Waals surface area (Å²) in [5, 5.41) is 4.23. The second-order valence-corrected chi connectivity index (χ2v) is 4.70. The van der Waals surface area contributed by atoms with Crippen molar-refractivity contribution in [3.05, 3.63) is 47.8 Å². The molecule has 0 bridgehead atoms. The van der Waals surface area contributed by atoms with Gasteiger partial charge >= 0.3 is 0 Å². The minimum Gasteiger partial charge on any atom is -0.493 e. The Morgan fingerprint density at radius 1 is 1.37 bits per heavy atom. The molecule has 2 aromatic rings. The number of thiocarbonyl (C=S) groups is 1. The fourth-order valence-electron chi connectivity index (χ4n) is 1.83. The van der Waals surface area contributed by atoms with Crippen LogP contribution in [-0.4, -0.2) is 21.4 Å². The number of rotatable bonds is 6. The molecule has 0 atom stereocenters. The zero-order valence-electron chi connectivity index (χ0n) is 10.9. The van der Waals surface area contributed by atoms with Gasteiger partial charge in [0.05, 0.1) is 12.2 Å². The van der Waals surface area contributed by atoms with Crippen molar-refractivity contribution in [1.82, 2.24) is 9.78 Å². The molecule has 2 rings (SSSR count). The van der Waals surface area contributed by atoms with Crippen LogP contribution in [0.2, 0.25) is 0 Å². The van der Waals surface area contributed by atoms with E-state index in [4.69, 9.17) is 22.7 Å². The maximum atomic E-state index is 5.73. The van der Waals surface area contributed by atoms with Gasteiger partial charge in [-0.3, -0.25) is 4.68 Å². The van der Waals surface area contributed by atoms with E-state index in [2.05, 4.69) is 5.10 Å². The number of ether oxygens (including phenoxy) is 1. The largest absolute Gasteiger partial charge is 0.493 e. The highest BCUT2D eigenvalue weighted by Gasteiger charge is 2.05. The van der Waals surface area contributed by atoms with Crippen LogP contribution in [0.1, 0.15) is 17.7 Å². The molecule has 1 heterocycles. The van der Waals surface area contributed by atoms with Crippen LogP contribution in [0.15, 0.2) is 36.5 Å². The van der Waals surface area contributed by atoms with Crippen LogP contribution < -0.4 is 10.5 Å². The standard InChI is InChI=1S/C14H17N3OS/c1-11-7-8-16-17(11)9-4-10-18-13-6-3-2-5-12(13)14(15)19/h2-3,5-8H,4,9-10H2,1H3,(H2,15,19). The van der Waals surface area contributed by atoms with Gasteiger partial charge in [-0.25, -0.2) is 0 Å². The lowest BCUT2D eigenvalue weighted by Gasteiger charge is -2.10. The molecule has 4 nitrogen and oxygen atoms in total. The minimum atomic E-state index is 0.360. The van der Waals surface area contributed by atoms with Crippen molar-refractivity contribution < 1.29 is 4.74 Å². The van der Waals surface area contributed by atoms with Gasteiger partial charge in [0.15, 0.2) is 0 Å². The number of hydrogen-bond donors (Lipinski definition) is 1. The Morgan fingerprint density at radius 3 is 2.84 bits per heavy atom. The Balaban J connectivity index is 1.86. The Kier molecular flexibility index (Phi) is 4.52. The van der Waals surface area contributed by atoms with Crippen molar-refractivity contribution in [2.24, 2.45) is 5.73 Å². The molecular weight excluding hydrogens is 258 g/mol. The van der Waals surface area contributed by atoms with Gasteiger partial charge in [-0.05, 0) is 25.1 Å². The van der Waals surface area contributed by atoms with Crippen molar-refractivity contribution >= 4 is 17.2 Å². The van der Waals surface area contributed by atoms with E-state index < -0.39 is 0 Å². The summed E-state index contributed by atoms with van der Waals surface area (Å²) < 4.78 is 7.69. The molecule has 5 heteroatoms. The van der Waals surface area contributed by atoms with E-state index in [1.807, 2.05) is 41.9 Å². The number of aryl methyl sites for hydroxylation is 2. The first-order valence-electron chi connectivity index (χ1n) is 6.18. The summed E-state index contributed by atoms with van der Waals surface area (Å²) in [5.41, 5.74) is 7.59. The molecule has 100 valence electrons. The highest BCUT2D eigenvalue weighted by atomic mass is 32.1. The number of nitrogens with two attached hydrogens (primary N) is 1. The van der Waals surface area contributed by atoms with Crippen molar-refractivity contribution in [3.63, 3.8) is 0 Å². The monoisotopic (exact) mass is 275 g/mol. The average molecular weight is 275 g/mol. The predicted molar refractivity (Wildman–Crippen MR) is 79.4 cm³/mol. The molecule has 1 aromatic heterocycles. The number of hydrogen-bond acceptors (Lipinski definition) is 3. The number of nitrogens with zero attached hydrogens (tertiary/aromatic N) is 2. The predicted octanol–water partition coefficient (Wildman–Crippen LogP) is 2.29. The third-order valence-corrected chi connectivity index (χ3v) is 3.07. The van der Waals surface area contributed by atoms with Crippen LogP contribution in [0.25, 0.3) is 0 Å².